The molecule has 0 saturated heterocycles. The first-order valence-corrected chi connectivity index (χ1v) is 10.7. The summed E-state index contributed by atoms with van der Waals surface area (Å²) < 4.78 is 39.0. The minimum Gasteiger partial charge on any atom is -0.408 e. The molecule has 0 bridgehead atoms. The average molecular weight is 428 g/mol. The van der Waals surface area contributed by atoms with E-state index in [4.69, 9.17) is 8.94 Å². The molecule has 2 heterocycles. The Morgan fingerprint density at radius 2 is 1.87 bits per heavy atom. The number of anilines is 1. The van der Waals surface area contributed by atoms with Crippen LogP contribution >= 0.6 is 0 Å². The van der Waals surface area contributed by atoms with Gasteiger partial charge in [0.15, 0.2) is 11.4 Å². The average Bonchev–Trinajstić information content (AvgIpc) is 3.32. The van der Waals surface area contributed by atoms with Crippen molar-refractivity contribution < 1.29 is 17.4 Å². The molecule has 0 N–H and O–H groups in total. The molecule has 0 amide bonds. The topological polar surface area (TPSA) is 111 Å². The van der Waals surface area contributed by atoms with E-state index in [1.807, 2.05) is 26.0 Å². The third-order valence-corrected chi connectivity index (χ3v) is 6.59. The van der Waals surface area contributed by atoms with Gasteiger partial charge in [-0.3, -0.25) is 8.87 Å². The molecule has 0 aliphatic carbocycles. The third-order valence-electron chi connectivity index (χ3n) is 4.81. The summed E-state index contributed by atoms with van der Waals surface area (Å²) in [4.78, 5) is 16.5. The Bertz CT molecular complexity index is 1370. The van der Waals surface area contributed by atoms with Crippen molar-refractivity contribution in [2.45, 2.75) is 31.7 Å². The van der Waals surface area contributed by atoms with Gasteiger partial charge in [-0.25, -0.2) is 13.2 Å². The van der Waals surface area contributed by atoms with Crippen molar-refractivity contribution in [3.8, 4) is 0 Å². The number of oxazole rings is 1. The number of aromatic nitrogens is 3. The SMILES string of the molecule is CCc1nc(Cn2c(=O)oc3cc(S(=O)(=O)N(C)c4ccc(C)cc4)ccc32)no1. The molecule has 156 valence electrons. The molecule has 4 rings (SSSR count). The molecule has 2 aromatic carbocycles. The van der Waals surface area contributed by atoms with Crippen LogP contribution in [0.25, 0.3) is 11.1 Å². The number of rotatable bonds is 6. The largest absolute Gasteiger partial charge is 0.420 e. The predicted octanol–water partition coefficient (Wildman–Crippen LogP) is 2.72. The normalized spacial score (nSPS) is 11.8. The van der Waals surface area contributed by atoms with Gasteiger partial charge in [0.2, 0.25) is 5.89 Å². The predicted molar refractivity (Wildman–Crippen MR) is 110 cm³/mol. The van der Waals surface area contributed by atoms with Crippen molar-refractivity contribution in [2.24, 2.45) is 0 Å². The van der Waals surface area contributed by atoms with E-state index >= 15 is 0 Å². The fourth-order valence-corrected chi connectivity index (χ4v) is 4.26. The molecular weight excluding hydrogens is 408 g/mol. The second-order valence-corrected chi connectivity index (χ2v) is 8.82. The van der Waals surface area contributed by atoms with Crippen molar-refractivity contribution in [3.05, 3.63) is 70.3 Å². The second-order valence-electron chi connectivity index (χ2n) is 6.85. The Morgan fingerprint density at radius 1 is 1.13 bits per heavy atom. The molecule has 0 radical (unpaired) electrons. The lowest BCUT2D eigenvalue weighted by Crippen LogP contribution is -2.26. The number of fused-ring (bicyclic) bond motifs is 1. The smallest absolute Gasteiger partial charge is 0.408 e. The van der Waals surface area contributed by atoms with E-state index in [0.717, 1.165) is 5.56 Å². The van der Waals surface area contributed by atoms with Crippen LogP contribution in [0.1, 0.15) is 24.2 Å². The Morgan fingerprint density at radius 3 is 2.53 bits per heavy atom. The van der Waals surface area contributed by atoms with Crippen LogP contribution in [0.5, 0.6) is 0 Å². The van der Waals surface area contributed by atoms with E-state index in [2.05, 4.69) is 10.1 Å². The molecule has 10 heteroatoms. The molecular formula is C20H20N4O5S. The lowest BCUT2D eigenvalue weighted by Gasteiger charge is -2.19. The molecule has 0 spiro atoms. The minimum absolute atomic E-state index is 0.0202. The van der Waals surface area contributed by atoms with E-state index < -0.39 is 15.8 Å². The van der Waals surface area contributed by atoms with Crippen molar-refractivity contribution >= 4 is 26.8 Å². The van der Waals surface area contributed by atoms with Crippen molar-refractivity contribution in [1.29, 1.82) is 0 Å². The van der Waals surface area contributed by atoms with Crippen molar-refractivity contribution in [1.82, 2.24) is 14.7 Å². The maximum absolute atomic E-state index is 13.0. The van der Waals surface area contributed by atoms with E-state index in [1.54, 1.807) is 12.1 Å². The van der Waals surface area contributed by atoms with E-state index in [0.29, 0.717) is 29.3 Å². The molecule has 2 aromatic heterocycles. The Kier molecular flexibility index (Phi) is 4.94. The van der Waals surface area contributed by atoms with Gasteiger partial charge in [0.05, 0.1) is 22.6 Å². The number of hydrogen-bond donors (Lipinski definition) is 0. The Labute approximate surface area is 172 Å². The number of sulfonamides is 1. The zero-order valence-electron chi connectivity index (χ0n) is 16.7. The summed E-state index contributed by atoms with van der Waals surface area (Å²) in [7, 11) is -2.36. The minimum atomic E-state index is -3.84. The quantitative estimate of drug-likeness (QED) is 0.464. The van der Waals surface area contributed by atoms with Crippen LogP contribution < -0.4 is 10.1 Å². The zero-order valence-corrected chi connectivity index (χ0v) is 17.5. The van der Waals surface area contributed by atoms with Crippen LogP contribution in [0.2, 0.25) is 0 Å². The first-order chi connectivity index (χ1) is 14.3. The lowest BCUT2D eigenvalue weighted by atomic mass is 10.2. The maximum atomic E-state index is 13.0. The number of benzene rings is 2. The molecule has 30 heavy (non-hydrogen) atoms. The van der Waals surface area contributed by atoms with Crippen LogP contribution in [0.4, 0.5) is 5.69 Å². The molecule has 0 aliphatic rings. The van der Waals surface area contributed by atoms with Crippen LogP contribution in [0, 0.1) is 6.92 Å². The summed E-state index contributed by atoms with van der Waals surface area (Å²) in [5.74, 6) is 0.181. The molecule has 0 aliphatic heterocycles. The van der Waals surface area contributed by atoms with Crippen LogP contribution in [-0.2, 0) is 23.0 Å². The van der Waals surface area contributed by atoms with Crippen LogP contribution in [0.3, 0.4) is 0 Å². The van der Waals surface area contributed by atoms with Gasteiger partial charge in [0.1, 0.15) is 0 Å². The molecule has 0 saturated carbocycles. The van der Waals surface area contributed by atoms with Gasteiger partial charge in [0, 0.05) is 19.5 Å². The summed E-state index contributed by atoms with van der Waals surface area (Å²) in [6.07, 6.45) is 0.587. The van der Waals surface area contributed by atoms with Gasteiger partial charge in [0.25, 0.3) is 10.0 Å². The second kappa shape index (κ2) is 7.45. The number of nitrogens with zero attached hydrogens (tertiary/aromatic N) is 4. The summed E-state index contributed by atoms with van der Waals surface area (Å²) in [6, 6.07) is 11.5. The van der Waals surface area contributed by atoms with E-state index in [-0.39, 0.29) is 17.0 Å². The van der Waals surface area contributed by atoms with Crippen molar-refractivity contribution in [2.75, 3.05) is 11.4 Å². The molecule has 4 aromatic rings. The highest BCUT2D eigenvalue weighted by Gasteiger charge is 2.23. The Hall–Kier alpha value is -3.40. The van der Waals surface area contributed by atoms with Gasteiger partial charge in [-0.15, -0.1) is 0 Å². The highest BCUT2D eigenvalue weighted by Crippen LogP contribution is 2.25. The van der Waals surface area contributed by atoms with Crippen LogP contribution in [0.15, 0.2) is 61.1 Å². The lowest BCUT2D eigenvalue weighted by molar-refractivity contribution is 0.375. The summed E-state index contributed by atoms with van der Waals surface area (Å²) >= 11 is 0. The third kappa shape index (κ3) is 3.50. The summed E-state index contributed by atoms with van der Waals surface area (Å²) in [5.41, 5.74) is 2.17. The highest BCUT2D eigenvalue weighted by molar-refractivity contribution is 7.92. The fourth-order valence-electron chi connectivity index (χ4n) is 3.05. The standard InChI is InChI=1S/C20H20N4O5S/c1-4-19-21-18(22-29-19)12-24-16-10-9-15(11-17(16)28-20(24)25)30(26,27)23(3)14-7-5-13(2)6-8-14/h5-11H,4,12H2,1-3H3. The molecule has 0 fully saturated rings. The first-order valence-electron chi connectivity index (χ1n) is 9.30. The Balaban J connectivity index is 1.70. The monoisotopic (exact) mass is 428 g/mol. The number of aryl methyl sites for hydroxylation is 2. The summed E-state index contributed by atoms with van der Waals surface area (Å²) in [6.45, 7) is 3.87. The summed E-state index contributed by atoms with van der Waals surface area (Å²) in [5, 5.41) is 3.84. The highest BCUT2D eigenvalue weighted by atomic mass is 32.2. The fraction of sp³-hybridized carbons (Fsp3) is 0.250. The van der Waals surface area contributed by atoms with Gasteiger partial charge in [-0.2, -0.15) is 4.98 Å². The van der Waals surface area contributed by atoms with Gasteiger partial charge in [-0.1, -0.05) is 29.8 Å². The van der Waals surface area contributed by atoms with Crippen molar-refractivity contribution in [3.63, 3.8) is 0 Å². The zero-order chi connectivity index (χ0) is 21.5. The van der Waals surface area contributed by atoms with Gasteiger partial charge in [-0.05, 0) is 31.2 Å². The van der Waals surface area contributed by atoms with Gasteiger partial charge < -0.3 is 8.94 Å². The van der Waals surface area contributed by atoms with E-state index in [9.17, 15) is 13.2 Å². The molecule has 0 unspecified atom stereocenters. The van der Waals surface area contributed by atoms with E-state index in [1.165, 1.54) is 34.1 Å². The molecule has 9 nitrogen and oxygen atoms in total. The number of hydrogen-bond acceptors (Lipinski definition) is 7. The molecule has 0 atom stereocenters. The maximum Gasteiger partial charge on any atom is 0.420 e. The first kappa shape index (κ1) is 19.9. The van der Waals surface area contributed by atoms with Gasteiger partial charge >= 0.3 is 5.76 Å². The van der Waals surface area contributed by atoms with Crippen LogP contribution in [-0.4, -0.2) is 30.2 Å².